The SMILES string of the molecule is CCCN(C(=O)Cc1ccc(C)cc1)c1ccccc1N. The summed E-state index contributed by atoms with van der Waals surface area (Å²) in [6, 6.07) is 15.6. The number of anilines is 2. The molecule has 0 saturated heterocycles. The van der Waals surface area contributed by atoms with Gasteiger partial charge in [0, 0.05) is 6.54 Å². The van der Waals surface area contributed by atoms with Crippen molar-refractivity contribution in [3.63, 3.8) is 0 Å². The number of rotatable bonds is 5. The smallest absolute Gasteiger partial charge is 0.231 e. The Labute approximate surface area is 126 Å². The van der Waals surface area contributed by atoms with Crippen molar-refractivity contribution in [2.75, 3.05) is 17.2 Å². The Bertz CT molecular complexity index is 605. The molecule has 0 bridgehead atoms. The van der Waals surface area contributed by atoms with Crippen LogP contribution in [-0.4, -0.2) is 12.5 Å². The Morgan fingerprint density at radius 3 is 2.38 bits per heavy atom. The highest BCUT2D eigenvalue weighted by Crippen LogP contribution is 2.23. The van der Waals surface area contributed by atoms with Gasteiger partial charge in [-0.2, -0.15) is 0 Å². The summed E-state index contributed by atoms with van der Waals surface area (Å²) < 4.78 is 0. The zero-order valence-corrected chi connectivity index (χ0v) is 12.7. The molecule has 1 amide bonds. The molecule has 110 valence electrons. The van der Waals surface area contributed by atoms with Gasteiger partial charge in [-0.1, -0.05) is 48.9 Å². The number of nitrogens with zero attached hydrogens (tertiary/aromatic N) is 1. The lowest BCUT2D eigenvalue weighted by Gasteiger charge is -2.24. The van der Waals surface area contributed by atoms with E-state index in [0.717, 1.165) is 17.7 Å². The van der Waals surface area contributed by atoms with Gasteiger partial charge in [-0.05, 0) is 31.0 Å². The predicted octanol–water partition coefficient (Wildman–Crippen LogP) is 3.56. The maximum Gasteiger partial charge on any atom is 0.231 e. The maximum atomic E-state index is 12.6. The Balaban J connectivity index is 2.20. The summed E-state index contributed by atoms with van der Waals surface area (Å²) in [7, 11) is 0. The third-order valence-corrected chi connectivity index (χ3v) is 3.45. The molecular weight excluding hydrogens is 260 g/mol. The van der Waals surface area contributed by atoms with Crippen molar-refractivity contribution in [2.45, 2.75) is 26.7 Å². The first-order valence-electron chi connectivity index (χ1n) is 7.32. The summed E-state index contributed by atoms with van der Waals surface area (Å²) >= 11 is 0. The largest absolute Gasteiger partial charge is 0.397 e. The molecule has 0 saturated carbocycles. The van der Waals surface area contributed by atoms with Crippen LogP contribution in [0.3, 0.4) is 0 Å². The van der Waals surface area contributed by atoms with E-state index in [1.165, 1.54) is 5.56 Å². The van der Waals surface area contributed by atoms with Crippen molar-refractivity contribution in [3.05, 3.63) is 59.7 Å². The lowest BCUT2D eigenvalue weighted by atomic mass is 10.1. The Kier molecular flexibility index (Phi) is 4.99. The van der Waals surface area contributed by atoms with Crippen LogP contribution < -0.4 is 10.6 Å². The van der Waals surface area contributed by atoms with Crippen LogP contribution in [0.25, 0.3) is 0 Å². The van der Waals surface area contributed by atoms with Crippen LogP contribution in [0, 0.1) is 6.92 Å². The molecule has 3 nitrogen and oxygen atoms in total. The molecule has 2 aromatic carbocycles. The van der Waals surface area contributed by atoms with Gasteiger partial charge in [-0.3, -0.25) is 4.79 Å². The number of para-hydroxylation sites is 2. The second-order valence-electron chi connectivity index (χ2n) is 5.27. The van der Waals surface area contributed by atoms with E-state index in [2.05, 4.69) is 6.92 Å². The van der Waals surface area contributed by atoms with Crippen molar-refractivity contribution < 1.29 is 4.79 Å². The number of carbonyl (C=O) groups is 1. The molecule has 0 atom stereocenters. The fraction of sp³-hybridized carbons (Fsp3) is 0.278. The van der Waals surface area contributed by atoms with Gasteiger partial charge in [0.05, 0.1) is 17.8 Å². The van der Waals surface area contributed by atoms with Crippen LogP contribution in [0.4, 0.5) is 11.4 Å². The van der Waals surface area contributed by atoms with E-state index in [1.54, 1.807) is 4.90 Å². The molecule has 0 radical (unpaired) electrons. The average Bonchev–Trinajstić information content (AvgIpc) is 2.48. The number of aryl methyl sites for hydroxylation is 1. The topological polar surface area (TPSA) is 46.3 Å². The molecule has 2 aromatic rings. The van der Waals surface area contributed by atoms with E-state index < -0.39 is 0 Å². The van der Waals surface area contributed by atoms with Crippen molar-refractivity contribution in [3.8, 4) is 0 Å². The summed E-state index contributed by atoms with van der Waals surface area (Å²) in [5, 5.41) is 0. The molecule has 0 fully saturated rings. The molecule has 2 rings (SSSR count). The van der Waals surface area contributed by atoms with Gasteiger partial charge in [-0.25, -0.2) is 0 Å². The third kappa shape index (κ3) is 3.85. The highest BCUT2D eigenvalue weighted by atomic mass is 16.2. The third-order valence-electron chi connectivity index (χ3n) is 3.45. The minimum atomic E-state index is 0.0820. The zero-order valence-electron chi connectivity index (χ0n) is 12.7. The molecule has 21 heavy (non-hydrogen) atoms. The highest BCUT2D eigenvalue weighted by molar-refractivity contribution is 5.97. The van der Waals surface area contributed by atoms with E-state index in [4.69, 9.17) is 5.73 Å². The van der Waals surface area contributed by atoms with Crippen LogP contribution in [0.1, 0.15) is 24.5 Å². The van der Waals surface area contributed by atoms with E-state index in [1.807, 2.05) is 55.5 Å². The van der Waals surface area contributed by atoms with E-state index in [9.17, 15) is 4.79 Å². The van der Waals surface area contributed by atoms with Crippen molar-refractivity contribution in [1.82, 2.24) is 0 Å². The highest BCUT2D eigenvalue weighted by Gasteiger charge is 2.17. The monoisotopic (exact) mass is 282 g/mol. The zero-order chi connectivity index (χ0) is 15.2. The molecule has 0 aliphatic carbocycles. The molecule has 0 spiro atoms. The summed E-state index contributed by atoms with van der Waals surface area (Å²) in [6.45, 7) is 4.78. The second kappa shape index (κ2) is 6.93. The fourth-order valence-electron chi connectivity index (χ4n) is 2.31. The minimum absolute atomic E-state index is 0.0820. The van der Waals surface area contributed by atoms with Crippen LogP contribution in [-0.2, 0) is 11.2 Å². The first-order valence-corrected chi connectivity index (χ1v) is 7.32. The number of benzene rings is 2. The van der Waals surface area contributed by atoms with Crippen molar-refractivity contribution in [1.29, 1.82) is 0 Å². The number of amides is 1. The molecular formula is C18H22N2O. The number of hydrogen-bond donors (Lipinski definition) is 1. The minimum Gasteiger partial charge on any atom is -0.397 e. The first kappa shape index (κ1) is 15.1. The normalized spacial score (nSPS) is 10.4. The van der Waals surface area contributed by atoms with Gasteiger partial charge >= 0.3 is 0 Å². The van der Waals surface area contributed by atoms with Crippen LogP contribution in [0.15, 0.2) is 48.5 Å². The van der Waals surface area contributed by atoms with E-state index in [-0.39, 0.29) is 5.91 Å². The number of nitrogens with two attached hydrogens (primary N) is 1. The van der Waals surface area contributed by atoms with Crippen LogP contribution in [0.5, 0.6) is 0 Å². The molecule has 0 unspecified atom stereocenters. The summed E-state index contributed by atoms with van der Waals surface area (Å²) in [4.78, 5) is 14.4. The molecule has 0 aliphatic rings. The van der Waals surface area contributed by atoms with Gasteiger partial charge < -0.3 is 10.6 Å². The molecule has 0 aliphatic heterocycles. The van der Waals surface area contributed by atoms with Crippen molar-refractivity contribution >= 4 is 17.3 Å². The number of carbonyl (C=O) groups excluding carboxylic acids is 1. The molecule has 3 heteroatoms. The fourth-order valence-corrected chi connectivity index (χ4v) is 2.31. The average molecular weight is 282 g/mol. The quantitative estimate of drug-likeness (QED) is 0.852. The van der Waals surface area contributed by atoms with E-state index >= 15 is 0 Å². The van der Waals surface area contributed by atoms with Gasteiger partial charge in [0.15, 0.2) is 0 Å². The molecule has 0 aromatic heterocycles. The van der Waals surface area contributed by atoms with Gasteiger partial charge in [0.25, 0.3) is 0 Å². The number of nitrogen functional groups attached to an aromatic ring is 1. The molecule has 0 heterocycles. The Hall–Kier alpha value is -2.29. The first-order chi connectivity index (χ1) is 10.1. The lowest BCUT2D eigenvalue weighted by Crippen LogP contribution is -2.33. The van der Waals surface area contributed by atoms with Crippen LogP contribution >= 0.6 is 0 Å². The van der Waals surface area contributed by atoms with E-state index in [0.29, 0.717) is 18.7 Å². The predicted molar refractivity (Wildman–Crippen MR) is 88.4 cm³/mol. The van der Waals surface area contributed by atoms with Crippen LogP contribution in [0.2, 0.25) is 0 Å². The summed E-state index contributed by atoms with van der Waals surface area (Å²) in [6.07, 6.45) is 1.29. The standard InChI is InChI=1S/C18H22N2O/c1-3-12-20(17-7-5-4-6-16(17)19)18(21)13-15-10-8-14(2)9-11-15/h4-11H,3,12-13,19H2,1-2H3. The summed E-state index contributed by atoms with van der Waals surface area (Å²) in [5.41, 5.74) is 9.68. The lowest BCUT2D eigenvalue weighted by molar-refractivity contribution is -0.118. The second-order valence-corrected chi connectivity index (χ2v) is 5.27. The van der Waals surface area contributed by atoms with Gasteiger partial charge in [0.2, 0.25) is 5.91 Å². The Morgan fingerprint density at radius 2 is 1.76 bits per heavy atom. The maximum absolute atomic E-state index is 12.6. The summed E-state index contributed by atoms with van der Waals surface area (Å²) in [5.74, 6) is 0.0820. The van der Waals surface area contributed by atoms with Crippen molar-refractivity contribution in [2.24, 2.45) is 0 Å². The number of hydrogen-bond acceptors (Lipinski definition) is 2. The molecule has 2 N–H and O–H groups in total. The Morgan fingerprint density at radius 1 is 1.10 bits per heavy atom. The van der Waals surface area contributed by atoms with Gasteiger partial charge in [0.1, 0.15) is 0 Å². The van der Waals surface area contributed by atoms with Gasteiger partial charge in [-0.15, -0.1) is 0 Å².